The lowest BCUT2D eigenvalue weighted by Crippen LogP contribution is -2.26. The molecule has 2 N–H and O–H groups in total. The first-order chi connectivity index (χ1) is 15.0. The zero-order valence-electron chi connectivity index (χ0n) is 18.8. The number of nitrogens with zero attached hydrogens (tertiary/aromatic N) is 2. The number of benzene rings is 2. The van der Waals surface area contributed by atoms with Gasteiger partial charge in [-0.2, -0.15) is 4.91 Å². The van der Waals surface area contributed by atoms with Crippen LogP contribution in [0.5, 0.6) is 0 Å². The molecule has 2 aromatic carbocycles. The van der Waals surface area contributed by atoms with Crippen molar-refractivity contribution in [1.82, 2.24) is 4.98 Å². The maximum atomic E-state index is 13.0. The third-order valence-electron chi connectivity index (χ3n) is 5.51. The van der Waals surface area contributed by atoms with Gasteiger partial charge in [-0.3, -0.25) is 9.59 Å². The number of carbonyl (C=O) groups is 1. The number of hydrogen-bond donors (Lipinski definition) is 2. The average Bonchev–Trinajstić information content (AvgIpc) is 2.72. The van der Waals surface area contributed by atoms with E-state index in [9.17, 15) is 19.4 Å². The zero-order chi connectivity index (χ0) is 23.7. The van der Waals surface area contributed by atoms with Crippen LogP contribution in [0.25, 0.3) is 10.9 Å². The number of aromatic amines is 1. The minimum absolute atomic E-state index is 0.0305. The molecule has 1 aromatic heterocycles. The van der Waals surface area contributed by atoms with Crippen molar-refractivity contribution in [2.45, 2.75) is 45.4 Å². The highest BCUT2D eigenvalue weighted by molar-refractivity contribution is 6.06. The summed E-state index contributed by atoms with van der Waals surface area (Å²) in [6.07, 6.45) is 1.38. The van der Waals surface area contributed by atoms with Crippen molar-refractivity contribution in [3.05, 3.63) is 79.3 Å². The molecule has 0 fully saturated rings. The molecule has 0 saturated carbocycles. The minimum atomic E-state index is -0.719. The third-order valence-corrected chi connectivity index (χ3v) is 5.51. The number of pyridine rings is 1. The standard InChI is InChI=1S/C24H26N4O4/c1-23(2,3)16-10-17(24(4,5)13-26-31)20(28-32)11-19(16)27-22(30)15-12-25-18-9-7-6-8-14(18)21(15)29/h6-12H,13H2,1-5H3,(H,25,29)(H,27,30). The van der Waals surface area contributed by atoms with Crippen LogP contribution in [0.15, 0.2) is 57.7 Å². The van der Waals surface area contributed by atoms with Crippen molar-refractivity contribution in [3.63, 3.8) is 0 Å². The van der Waals surface area contributed by atoms with Crippen LogP contribution in [0.3, 0.4) is 0 Å². The molecule has 0 aliphatic heterocycles. The molecule has 0 atom stereocenters. The molecule has 1 amide bonds. The average molecular weight is 434 g/mol. The molecule has 0 aliphatic rings. The second kappa shape index (κ2) is 8.45. The molecule has 166 valence electrons. The van der Waals surface area contributed by atoms with Gasteiger partial charge < -0.3 is 10.3 Å². The Kier molecular flexibility index (Phi) is 6.07. The van der Waals surface area contributed by atoms with Gasteiger partial charge in [0.15, 0.2) is 0 Å². The number of aromatic nitrogens is 1. The van der Waals surface area contributed by atoms with Gasteiger partial charge in [0, 0.05) is 28.2 Å². The number of rotatable bonds is 6. The number of para-hydroxylation sites is 1. The maximum absolute atomic E-state index is 13.0. The maximum Gasteiger partial charge on any atom is 0.261 e. The second-order valence-electron chi connectivity index (χ2n) is 9.46. The zero-order valence-corrected chi connectivity index (χ0v) is 18.8. The van der Waals surface area contributed by atoms with Crippen LogP contribution in [0.2, 0.25) is 0 Å². The molecule has 8 nitrogen and oxygen atoms in total. The van der Waals surface area contributed by atoms with E-state index in [0.717, 1.165) is 5.56 Å². The molecule has 1 heterocycles. The van der Waals surface area contributed by atoms with Gasteiger partial charge in [-0.15, -0.1) is 4.91 Å². The summed E-state index contributed by atoms with van der Waals surface area (Å²) in [5.41, 5.74) is 0.854. The van der Waals surface area contributed by atoms with E-state index in [1.807, 2.05) is 20.8 Å². The number of hydrogen-bond acceptors (Lipinski definition) is 6. The second-order valence-corrected chi connectivity index (χ2v) is 9.46. The highest BCUT2D eigenvalue weighted by Crippen LogP contribution is 2.40. The summed E-state index contributed by atoms with van der Waals surface area (Å²) in [5.74, 6) is -0.596. The lowest BCUT2D eigenvalue weighted by Gasteiger charge is -2.29. The Morgan fingerprint density at radius 2 is 1.72 bits per heavy atom. The highest BCUT2D eigenvalue weighted by atomic mass is 16.3. The summed E-state index contributed by atoms with van der Waals surface area (Å²) in [6, 6.07) is 10.2. The van der Waals surface area contributed by atoms with Gasteiger partial charge in [-0.05, 0) is 39.9 Å². The molecule has 3 rings (SSSR count). The van der Waals surface area contributed by atoms with Crippen LogP contribution in [-0.2, 0) is 10.8 Å². The van der Waals surface area contributed by atoms with Crippen molar-refractivity contribution >= 4 is 28.2 Å². The molecular weight excluding hydrogens is 408 g/mol. The fourth-order valence-corrected chi connectivity index (χ4v) is 3.70. The monoisotopic (exact) mass is 434 g/mol. The molecule has 0 radical (unpaired) electrons. The summed E-state index contributed by atoms with van der Waals surface area (Å²) >= 11 is 0. The van der Waals surface area contributed by atoms with E-state index in [1.165, 1.54) is 12.3 Å². The first kappa shape index (κ1) is 23.0. The fraction of sp³-hybridized carbons (Fsp3) is 0.333. The predicted octanol–water partition coefficient (Wildman–Crippen LogP) is 5.52. The lowest BCUT2D eigenvalue weighted by atomic mass is 9.78. The van der Waals surface area contributed by atoms with Crippen LogP contribution in [-0.4, -0.2) is 17.4 Å². The molecule has 0 bridgehead atoms. The molecule has 32 heavy (non-hydrogen) atoms. The van der Waals surface area contributed by atoms with Crippen LogP contribution in [0.4, 0.5) is 11.4 Å². The van der Waals surface area contributed by atoms with Crippen LogP contribution >= 0.6 is 0 Å². The Labute approximate surface area is 185 Å². The van der Waals surface area contributed by atoms with E-state index >= 15 is 0 Å². The number of nitroso groups, excluding NO2 is 2. The Morgan fingerprint density at radius 3 is 2.34 bits per heavy atom. The normalized spacial score (nSPS) is 11.9. The smallest absolute Gasteiger partial charge is 0.261 e. The summed E-state index contributed by atoms with van der Waals surface area (Å²) in [6.45, 7) is 9.46. The van der Waals surface area contributed by atoms with Gasteiger partial charge in [0.25, 0.3) is 5.91 Å². The van der Waals surface area contributed by atoms with E-state index < -0.39 is 22.2 Å². The van der Waals surface area contributed by atoms with Crippen LogP contribution in [0.1, 0.15) is 56.1 Å². The van der Waals surface area contributed by atoms with Gasteiger partial charge in [-0.25, -0.2) is 0 Å². The fourth-order valence-electron chi connectivity index (χ4n) is 3.70. The molecule has 0 spiro atoms. The van der Waals surface area contributed by atoms with E-state index in [2.05, 4.69) is 20.7 Å². The highest BCUT2D eigenvalue weighted by Gasteiger charge is 2.30. The van der Waals surface area contributed by atoms with Crippen molar-refractivity contribution < 1.29 is 4.79 Å². The van der Waals surface area contributed by atoms with Gasteiger partial charge in [0.2, 0.25) is 5.43 Å². The Morgan fingerprint density at radius 1 is 1.03 bits per heavy atom. The summed E-state index contributed by atoms with van der Waals surface area (Å²) in [5, 5.41) is 9.31. The minimum Gasteiger partial charge on any atom is -0.360 e. The van der Waals surface area contributed by atoms with Gasteiger partial charge >= 0.3 is 0 Å². The summed E-state index contributed by atoms with van der Waals surface area (Å²) in [7, 11) is 0. The van der Waals surface area contributed by atoms with Crippen LogP contribution < -0.4 is 10.7 Å². The van der Waals surface area contributed by atoms with Gasteiger partial charge in [0.1, 0.15) is 11.3 Å². The molecule has 8 heteroatoms. The topological polar surface area (TPSA) is 121 Å². The molecule has 0 saturated heterocycles. The predicted molar refractivity (Wildman–Crippen MR) is 127 cm³/mol. The number of H-pyrrole nitrogens is 1. The van der Waals surface area contributed by atoms with E-state index in [4.69, 9.17) is 0 Å². The number of nitrogens with one attached hydrogen (secondary N) is 2. The first-order valence-electron chi connectivity index (χ1n) is 10.2. The van der Waals surface area contributed by atoms with E-state index in [-0.39, 0.29) is 17.8 Å². The molecule has 0 aliphatic carbocycles. The summed E-state index contributed by atoms with van der Waals surface area (Å²) in [4.78, 5) is 51.4. The van der Waals surface area contributed by atoms with E-state index in [1.54, 1.807) is 44.2 Å². The largest absolute Gasteiger partial charge is 0.360 e. The SMILES string of the molecule is CC(C)(C)c1cc(C(C)(C)CN=O)c(N=O)cc1NC(=O)c1c[nH]c2ccccc2c1=O. The van der Waals surface area contributed by atoms with Crippen molar-refractivity contribution in [2.75, 3.05) is 11.9 Å². The Balaban J connectivity index is 2.12. The van der Waals surface area contributed by atoms with Crippen molar-refractivity contribution in [3.8, 4) is 0 Å². The molecule has 0 unspecified atom stereocenters. The third kappa shape index (κ3) is 4.34. The van der Waals surface area contributed by atoms with Gasteiger partial charge in [0.05, 0.1) is 6.54 Å². The van der Waals surface area contributed by atoms with Gasteiger partial charge in [-0.1, -0.05) is 58.0 Å². The van der Waals surface area contributed by atoms with Crippen molar-refractivity contribution in [1.29, 1.82) is 0 Å². The molecular formula is C24H26N4O4. The van der Waals surface area contributed by atoms with Crippen LogP contribution in [0, 0.1) is 9.81 Å². The number of amides is 1. The summed E-state index contributed by atoms with van der Waals surface area (Å²) < 4.78 is 0. The number of anilines is 1. The lowest BCUT2D eigenvalue weighted by molar-refractivity contribution is 0.102. The molecule has 3 aromatic rings. The van der Waals surface area contributed by atoms with E-state index in [0.29, 0.717) is 22.2 Å². The number of carbonyl (C=O) groups excluding carboxylic acids is 1. The Bertz CT molecular complexity index is 1270. The quantitative estimate of drug-likeness (QED) is 0.496. The number of fused-ring (bicyclic) bond motifs is 1. The van der Waals surface area contributed by atoms with Crippen molar-refractivity contribution in [2.24, 2.45) is 10.4 Å². The Hall–Kier alpha value is -3.68. The first-order valence-corrected chi connectivity index (χ1v) is 10.2.